The maximum Gasteiger partial charge on any atom is 0.312 e. The van der Waals surface area contributed by atoms with Crippen LogP contribution < -0.4 is 11.1 Å². The molecule has 0 aliphatic heterocycles. The third kappa shape index (κ3) is 3.20. The van der Waals surface area contributed by atoms with Crippen molar-refractivity contribution in [1.82, 2.24) is 5.32 Å². The third-order valence-corrected chi connectivity index (χ3v) is 2.20. The summed E-state index contributed by atoms with van der Waals surface area (Å²) >= 11 is 0. The van der Waals surface area contributed by atoms with Crippen LogP contribution in [0.3, 0.4) is 0 Å². The normalized spacial score (nSPS) is 13.2. The molecule has 2 amide bonds. The van der Waals surface area contributed by atoms with E-state index in [1.165, 1.54) is 38.1 Å². The molecule has 0 fully saturated rings. The molecule has 16 heavy (non-hydrogen) atoms. The quantitative estimate of drug-likeness (QED) is 0.726. The smallest absolute Gasteiger partial charge is 0.312 e. The predicted octanol–water partition coefficient (Wildman–Crippen LogP) is 1.31. The fraction of sp³-hybridized carbons (Fsp3) is 0.364. The Balaban J connectivity index is 3.01. The highest BCUT2D eigenvalue weighted by molar-refractivity contribution is 5.72. The number of carbonyl (C=O) groups excluding carboxylic acids is 1. The van der Waals surface area contributed by atoms with Crippen LogP contribution >= 0.6 is 0 Å². The molecule has 1 aromatic carbocycles. The molecule has 0 radical (unpaired) electrons. The van der Waals surface area contributed by atoms with E-state index in [1.807, 2.05) is 0 Å². The van der Waals surface area contributed by atoms with Gasteiger partial charge in [0.1, 0.15) is 5.82 Å². The summed E-state index contributed by atoms with van der Waals surface area (Å²) < 4.78 is 12.7. The molecule has 1 rings (SSSR count). The topological polar surface area (TPSA) is 75.3 Å². The van der Waals surface area contributed by atoms with E-state index in [1.54, 1.807) is 0 Å². The number of benzene rings is 1. The van der Waals surface area contributed by atoms with Gasteiger partial charge in [0.05, 0.1) is 11.6 Å². The number of amides is 2. The van der Waals surface area contributed by atoms with Crippen LogP contribution in [0.2, 0.25) is 0 Å². The van der Waals surface area contributed by atoms with Crippen LogP contribution in [-0.4, -0.2) is 16.7 Å². The number of primary amides is 1. The second-order valence-corrected chi connectivity index (χ2v) is 4.15. The van der Waals surface area contributed by atoms with Gasteiger partial charge >= 0.3 is 6.03 Å². The molecule has 5 heteroatoms. The standard InChI is InChI=1S/C11H15FN2O2/c1-11(2,16)9(14-10(13)15)7-3-5-8(12)6-4-7/h3-6,9,16H,1-2H3,(H3,13,14,15). The summed E-state index contributed by atoms with van der Waals surface area (Å²) in [5.74, 6) is -0.377. The average molecular weight is 226 g/mol. The van der Waals surface area contributed by atoms with Gasteiger partial charge in [-0.3, -0.25) is 0 Å². The van der Waals surface area contributed by atoms with Crippen LogP contribution in [0.15, 0.2) is 24.3 Å². The zero-order chi connectivity index (χ0) is 12.3. The summed E-state index contributed by atoms with van der Waals surface area (Å²) in [4.78, 5) is 10.8. The summed E-state index contributed by atoms with van der Waals surface area (Å²) in [6.07, 6.45) is 0. The second kappa shape index (κ2) is 4.49. The lowest BCUT2D eigenvalue weighted by Gasteiger charge is -2.29. The number of nitrogens with two attached hydrogens (primary N) is 1. The number of hydrogen-bond donors (Lipinski definition) is 3. The van der Waals surface area contributed by atoms with Gasteiger partial charge in [0.15, 0.2) is 0 Å². The van der Waals surface area contributed by atoms with Crippen molar-refractivity contribution in [2.75, 3.05) is 0 Å². The Kier molecular flexibility index (Phi) is 3.49. The van der Waals surface area contributed by atoms with Crippen LogP contribution in [0.4, 0.5) is 9.18 Å². The Labute approximate surface area is 93.3 Å². The Bertz CT molecular complexity index is 371. The molecule has 0 bridgehead atoms. The molecule has 4 nitrogen and oxygen atoms in total. The number of nitrogens with one attached hydrogen (secondary N) is 1. The minimum Gasteiger partial charge on any atom is -0.388 e. The van der Waals surface area contributed by atoms with Crippen LogP contribution in [0.25, 0.3) is 0 Å². The maximum atomic E-state index is 12.7. The van der Waals surface area contributed by atoms with Gasteiger partial charge in [-0.15, -0.1) is 0 Å². The lowest BCUT2D eigenvalue weighted by molar-refractivity contribution is 0.0412. The number of urea groups is 1. The van der Waals surface area contributed by atoms with Crippen LogP contribution in [0, 0.1) is 5.82 Å². The summed E-state index contributed by atoms with van der Waals surface area (Å²) in [5, 5.41) is 12.3. The molecule has 0 saturated carbocycles. The molecule has 1 aromatic rings. The highest BCUT2D eigenvalue weighted by Gasteiger charge is 2.29. The Morgan fingerprint density at radius 3 is 2.31 bits per heavy atom. The van der Waals surface area contributed by atoms with Crippen molar-refractivity contribution in [3.63, 3.8) is 0 Å². The zero-order valence-electron chi connectivity index (χ0n) is 9.20. The number of carbonyl (C=O) groups is 1. The van der Waals surface area contributed by atoms with E-state index in [4.69, 9.17) is 5.73 Å². The van der Waals surface area contributed by atoms with Crippen molar-refractivity contribution < 1.29 is 14.3 Å². The zero-order valence-corrected chi connectivity index (χ0v) is 9.20. The monoisotopic (exact) mass is 226 g/mol. The van der Waals surface area contributed by atoms with Gasteiger partial charge in [-0.2, -0.15) is 0 Å². The average Bonchev–Trinajstić information content (AvgIpc) is 2.14. The lowest BCUT2D eigenvalue weighted by atomic mass is 9.92. The molecule has 0 saturated heterocycles. The summed E-state index contributed by atoms with van der Waals surface area (Å²) in [5.41, 5.74) is 4.42. The first-order valence-electron chi connectivity index (χ1n) is 4.84. The highest BCUT2D eigenvalue weighted by atomic mass is 19.1. The molecule has 0 spiro atoms. The van der Waals surface area contributed by atoms with Crippen molar-refractivity contribution in [2.24, 2.45) is 5.73 Å². The van der Waals surface area contributed by atoms with Crippen LogP contribution in [0.5, 0.6) is 0 Å². The van der Waals surface area contributed by atoms with Gasteiger partial charge in [-0.25, -0.2) is 9.18 Å². The molecular weight excluding hydrogens is 211 g/mol. The van der Waals surface area contributed by atoms with Gasteiger partial charge in [0.2, 0.25) is 0 Å². The van der Waals surface area contributed by atoms with Gasteiger partial charge in [-0.1, -0.05) is 12.1 Å². The van der Waals surface area contributed by atoms with E-state index >= 15 is 0 Å². The number of rotatable bonds is 3. The summed E-state index contributed by atoms with van der Waals surface area (Å²) in [6.45, 7) is 3.08. The van der Waals surface area contributed by atoms with E-state index in [-0.39, 0.29) is 5.82 Å². The largest absolute Gasteiger partial charge is 0.388 e. The third-order valence-electron chi connectivity index (χ3n) is 2.20. The fourth-order valence-electron chi connectivity index (χ4n) is 1.47. The second-order valence-electron chi connectivity index (χ2n) is 4.15. The fourth-order valence-corrected chi connectivity index (χ4v) is 1.47. The van der Waals surface area contributed by atoms with Crippen molar-refractivity contribution >= 4 is 6.03 Å². The van der Waals surface area contributed by atoms with Crippen molar-refractivity contribution in [1.29, 1.82) is 0 Å². The highest BCUT2D eigenvalue weighted by Crippen LogP contribution is 2.25. The molecule has 88 valence electrons. The van der Waals surface area contributed by atoms with Gasteiger partial charge in [0, 0.05) is 0 Å². The van der Waals surface area contributed by atoms with Gasteiger partial charge in [0.25, 0.3) is 0 Å². The van der Waals surface area contributed by atoms with E-state index in [0.29, 0.717) is 5.56 Å². The first kappa shape index (κ1) is 12.4. The molecule has 1 unspecified atom stereocenters. The Hall–Kier alpha value is -1.62. The molecule has 1 atom stereocenters. The SMILES string of the molecule is CC(C)(O)C(NC(N)=O)c1ccc(F)cc1. The number of halogens is 1. The summed E-state index contributed by atoms with van der Waals surface area (Å²) in [6, 6.07) is 4.09. The minimum absolute atomic E-state index is 0.377. The van der Waals surface area contributed by atoms with Gasteiger partial charge in [-0.05, 0) is 31.5 Å². The minimum atomic E-state index is -1.19. The van der Waals surface area contributed by atoms with Crippen molar-refractivity contribution in [3.8, 4) is 0 Å². The first-order valence-corrected chi connectivity index (χ1v) is 4.84. The van der Waals surface area contributed by atoms with Crippen molar-refractivity contribution in [3.05, 3.63) is 35.6 Å². The van der Waals surface area contributed by atoms with E-state index < -0.39 is 17.7 Å². The lowest BCUT2D eigenvalue weighted by Crippen LogP contribution is -2.44. The van der Waals surface area contributed by atoms with Gasteiger partial charge < -0.3 is 16.2 Å². The molecule has 4 N–H and O–H groups in total. The van der Waals surface area contributed by atoms with E-state index in [9.17, 15) is 14.3 Å². The molecule has 0 aliphatic rings. The predicted molar refractivity (Wildman–Crippen MR) is 58.2 cm³/mol. The van der Waals surface area contributed by atoms with Crippen molar-refractivity contribution in [2.45, 2.75) is 25.5 Å². The van der Waals surface area contributed by atoms with E-state index in [2.05, 4.69) is 5.32 Å². The Morgan fingerprint density at radius 1 is 1.44 bits per heavy atom. The summed E-state index contributed by atoms with van der Waals surface area (Å²) in [7, 11) is 0. The Morgan fingerprint density at radius 2 is 1.94 bits per heavy atom. The van der Waals surface area contributed by atoms with E-state index in [0.717, 1.165) is 0 Å². The maximum absolute atomic E-state index is 12.7. The number of hydrogen-bond acceptors (Lipinski definition) is 2. The van der Waals surface area contributed by atoms with Crippen LogP contribution in [-0.2, 0) is 0 Å². The molecule has 0 heterocycles. The van der Waals surface area contributed by atoms with Crippen LogP contribution in [0.1, 0.15) is 25.5 Å². The molecular formula is C11H15FN2O2. The number of aliphatic hydroxyl groups is 1. The molecule has 0 aromatic heterocycles. The molecule has 0 aliphatic carbocycles. The first-order chi connectivity index (χ1) is 7.30.